The van der Waals surface area contributed by atoms with E-state index in [1.54, 1.807) is 0 Å². The lowest BCUT2D eigenvalue weighted by atomic mass is 9.71. The number of carboxylic acid groups (broad SMARTS) is 1. The first-order chi connectivity index (χ1) is 8.97. The van der Waals surface area contributed by atoms with Gasteiger partial charge in [0.15, 0.2) is 0 Å². The van der Waals surface area contributed by atoms with Crippen molar-refractivity contribution in [2.45, 2.75) is 64.3 Å². The van der Waals surface area contributed by atoms with Crippen LogP contribution in [0.1, 0.15) is 58.3 Å². The van der Waals surface area contributed by atoms with Gasteiger partial charge < -0.3 is 16.2 Å². The number of amides is 1. The van der Waals surface area contributed by atoms with Crippen LogP contribution in [0.4, 0.5) is 0 Å². The van der Waals surface area contributed by atoms with E-state index in [1.807, 2.05) is 6.92 Å². The summed E-state index contributed by atoms with van der Waals surface area (Å²) in [5, 5.41) is 11.5. The Morgan fingerprint density at radius 3 is 2.47 bits per heavy atom. The second-order valence-corrected chi connectivity index (χ2v) is 5.84. The number of rotatable bonds is 7. The predicted octanol–water partition coefficient (Wildman–Crippen LogP) is 1.66. The van der Waals surface area contributed by atoms with Crippen LogP contribution in [0.2, 0.25) is 0 Å². The van der Waals surface area contributed by atoms with Crippen molar-refractivity contribution < 1.29 is 14.7 Å². The van der Waals surface area contributed by atoms with Gasteiger partial charge in [-0.25, -0.2) is 0 Å². The molecule has 1 amide bonds. The van der Waals surface area contributed by atoms with Gasteiger partial charge in [-0.15, -0.1) is 0 Å². The van der Waals surface area contributed by atoms with Crippen LogP contribution in [0.5, 0.6) is 0 Å². The molecule has 5 heteroatoms. The third kappa shape index (κ3) is 5.59. The Morgan fingerprint density at radius 1 is 1.32 bits per heavy atom. The van der Waals surface area contributed by atoms with Crippen molar-refractivity contribution in [3.63, 3.8) is 0 Å². The number of aliphatic carboxylic acids is 1. The molecule has 0 aliphatic heterocycles. The third-order valence-corrected chi connectivity index (χ3v) is 4.08. The molecule has 0 saturated heterocycles. The van der Waals surface area contributed by atoms with Crippen LogP contribution < -0.4 is 11.1 Å². The fraction of sp³-hybridized carbons (Fsp3) is 0.857. The van der Waals surface area contributed by atoms with Gasteiger partial charge in [0.05, 0.1) is 0 Å². The van der Waals surface area contributed by atoms with E-state index >= 15 is 0 Å². The Labute approximate surface area is 114 Å². The van der Waals surface area contributed by atoms with E-state index in [0.29, 0.717) is 19.4 Å². The number of hydrogen-bond donors (Lipinski definition) is 3. The molecule has 1 atom stereocenters. The number of hydrogen-bond acceptors (Lipinski definition) is 3. The van der Waals surface area contributed by atoms with Crippen LogP contribution in [-0.4, -0.2) is 29.6 Å². The van der Waals surface area contributed by atoms with Crippen molar-refractivity contribution in [2.75, 3.05) is 6.54 Å². The zero-order valence-electron chi connectivity index (χ0n) is 11.8. The van der Waals surface area contributed by atoms with E-state index in [0.717, 1.165) is 25.7 Å². The number of carbonyl (C=O) groups excluding carboxylic acids is 1. The molecule has 1 aliphatic carbocycles. The molecule has 19 heavy (non-hydrogen) atoms. The molecule has 1 fully saturated rings. The highest BCUT2D eigenvalue weighted by Crippen LogP contribution is 2.38. The van der Waals surface area contributed by atoms with Crippen LogP contribution >= 0.6 is 0 Å². The van der Waals surface area contributed by atoms with Gasteiger partial charge in [0.25, 0.3) is 0 Å². The first kappa shape index (κ1) is 16.0. The van der Waals surface area contributed by atoms with E-state index in [9.17, 15) is 9.59 Å². The quantitative estimate of drug-likeness (QED) is 0.656. The van der Waals surface area contributed by atoms with Crippen LogP contribution in [0.3, 0.4) is 0 Å². The Hall–Kier alpha value is -1.10. The molecule has 0 heterocycles. The van der Waals surface area contributed by atoms with E-state index in [2.05, 4.69) is 5.32 Å². The van der Waals surface area contributed by atoms with Gasteiger partial charge in [-0.2, -0.15) is 0 Å². The van der Waals surface area contributed by atoms with Gasteiger partial charge in [-0.05, 0) is 38.1 Å². The highest BCUT2D eigenvalue weighted by molar-refractivity contribution is 5.77. The highest BCUT2D eigenvalue weighted by atomic mass is 16.4. The number of nitrogens with one attached hydrogen (secondary N) is 1. The Balaban J connectivity index is 2.38. The van der Waals surface area contributed by atoms with Crippen LogP contribution in [-0.2, 0) is 9.59 Å². The van der Waals surface area contributed by atoms with Crippen molar-refractivity contribution in [2.24, 2.45) is 11.1 Å². The lowest BCUT2D eigenvalue weighted by molar-refractivity contribution is -0.137. The molecule has 1 rings (SSSR count). The van der Waals surface area contributed by atoms with Gasteiger partial charge in [0.1, 0.15) is 0 Å². The van der Waals surface area contributed by atoms with Crippen molar-refractivity contribution in [3.05, 3.63) is 0 Å². The predicted molar refractivity (Wildman–Crippen MR) is 73.7 cm³/mol. The summed E-state index contributed by atoms with van der Waals surface area (Å²) >= 11 is 0. The van der Waals surface area contributed by atoms with Crippen LogP contribution in [0, 0.1) is 5.41 Å². The standard InChI is InChI=1S/C14H26N2O3/c1-11(5-6-13(18)19)16-12(17)9-14(10-15)7-3-2-4-8-14/h11H,2-10,15H2,1H3,(H,16,17)(H,18,19). The summed E-state index contributed by atoms with van der Waals surface area (Å²) in [5.74, 6) is -0.822. The molecule has 0 aromatic rings. The first-order valence-electron chi connectivity index (χ1n) is 7.19. The zero-order valence-corrected chi connectivity index (χ0v) is 11.8. The third-order valence-electron chi connectivity index (χ3n) is 4.08. The van der Waals surface area contributed by atoms with Crippen molar-refractivity contribution in [3.8, 4) is 0 Å². The molecule has 0 aromatic heterocycles. The Morgan fingerprint density at radius 2 is 1.95 bits per heavy atom. The smallest absolute Gasteiger partial charge is 0.303 e. The monoisotopic (exact) mass is 270 g/mol. The lowest BCUT2D eigenvalue weighted by Gasteiger charge is -2.36. The first-order valence-corrected chi connectivity index (χ1v) is 7.19. The number of carbonyl (C=O) groups is 2. The summed E-state index contributed by atoms with van der Waals surface area (Å²) < 4.78 is 0. The fourth-order valence-electron chi connectivity index (χ4n) is 2.83. The second kappa shape index (κ2) is 7.48. The molecule has 0 radical (unpaired) electrons. The van der Waals surface area contributed by atoms with E-state index in [-0.39, 0.29) is 23.8 Å². The van der Waals surface area contributed by atoms with Gasteiger partial charge in [0.2, 0.25) is 5.91 Å². The molecule has 0 bridgehead atoms. The minimum Gasteiger partial charge on any atom is -0.481 e. The van der Waals surface area contributed by atoms with Crippen molar-refractivity contribution in [1.29, 1.82) is 0 Å². The highest BCUT2D eigenvalue weighted by Gasteiger charge is 2.33. The average Bonchev–Trinajstić information content (AvgIpc) is 2.37. The molecular weight excluding hydrogens is 244 g/mol. The minimum atomic E-state index is -0.827. The Bertz CT molecular complexity index is 312. The molecule has 110 valence electrons. The summed E-state index contributed by atoms with van der Waals surface area (Å²) in [6.07, 6.45) is 6.62. The molecule has 0 spiro atoms. The maximum atomic E-state index is 12.0. The lowest BCUT2D eigenvalue weighted by Crippen LogP contribution is -2.41. The van der Waals surface area contributed by atoms with Gasteiger partial charge >= 0.3 is 5.97 Å². The van der Waals surface area contributed by atoms with Crippen molar-refractivity contribution in [1.82, 2.24) is 5.32 Å². The summed E-state index contributed by atoms with van der Waals surface area (Å²) in [7, 11) is 0. The van der Waals surface area contributed by atoms with Gasteiger partial charge in [-0.3, -0.25) is 9.59 Å². The van der Waals surface area contributed by atoms with E-state index in [1.165, 1.54) is 6.42 Å². The summed E-state index contributed by atoms with van der Waals surface area (Å²) in [5.41, 5.74) is 5.83. The van der Waals surface area contributed by atoms with Crippen molar-refractivity contribution >= 4 is 11.9 Å². The normalized spacial score (nSPS) is 19.7. The van der Waals surface area contributed by atoms with Gasteiger partial charge in [0, 0.05) is 18.9 Å². The number of nitrogens with two attached hydrogens (primary N) is 1. The topological polar surface area (TPSA) is 92.4 Å². The SMILES string of the molecule is CC(CCC(=O)O)NC(=O)CC1(CN)CCCCC1. The average molecular weight is 270 g/mol. The second-order valence-electron chi connectivity index (χ2n) is 5.84. The molecule has 5 nitrogen and oxygen atoms in total. The molecule has 4 N–H and O–H groups in total. The molecule has 0 aromatic carbocycles. The van der Waals surface area contributed by atoms with E-state index < -0.39 is 5.97 Å². The summed E-state index contributed by atoms with van der Waals surface area (Å²) in [4.78, 5) is 22.5. The molecule has 1 aliphatic rings. The molecular formula is C14H26N2O3. The molecule has 1 unspecified atom stereocenters. The maximum Gasteiger partial charge on any atom is 0.303 e. The number of carboxylic acids is 1. The molecule has 1 saturated carbocycles. The summed E-state index contributed by atoms with van der Waals surface area (Å²) in [6.45, 7) is 2.40. The minimum absolute atomic E-state index is 0.00485. The van der Waals surface area contributed by atoms with Gasteiger partial charge in [-0.1, -0.05) is 19.3 Å². The Kier molecular flexibility index (Phi) is 6.28. The fourth-order valence-corrected chi connectivity index (χ4v) is 2.83. The zero-order chi connectivity index (χ0) is 14.3. The largest absolute Gasteiger partial charge is 0.481 e. The van der Waals surface area contributed by atoms with Crippen LogP contribution in [0.25, 0.3) is 0 Å². The maximum absolute atomic E-state index is 12.0. The van der Waals surface area contributed by atoms with Crippen LogP contribution in [0.15, 0.2) is 0 Å². The summed E-state index contributed by atoms with van der Waals surface area (Å²) in [6, 6.07) is -0.0954. The van der Waals surface area contributed by atoms with E-state index in [4.69, 9.17) is 10.8 Å².